The van der Waals surface area contributed by atoms with Gasteiger partial charge in [-0.1, -0.05) is 18.2 Å². The Balaban J connectivity index is 1.76. The smallest absolute Gasteiger partial charge is 0.306 e. The number of rotatable bonds is 4. The molecule has 0 saturated carbocycles. The Morgan fingerprint density at radius 1 is 1.21 bits per heavy atom. The van der Waals surface area contributed by atoms with Crippen LogP contribution < -0.4 is 5.32 Å². The van der Waals surface area contributed by atoms with E-state index < -0.39 is 16.4 Å². The molecule has 0 unspecified atom stereocenters. The summed E-state index contributed by atoms with van der Waals surface area (Å²) in [6.07, 6.45) is 3.69. The molecule has 7 nitrogen and oxygen atoms in total. The first-order valence-electron chi connectivity index (χ1n) is 8.53. The number of nitrogens with one attached hydrogen (secondary N) is 1. The maximum atomic E-state index is 13.5. The molecule has 140 valence electrons. The third-order valence-corrected chi connectivity index (χ3v) is 4.52. The lowest BCUT2D eigenvalue weighted by molar-refractivity contribution is -0.387. The first-order chi connectivity index (χ1) is 13.4. The summed E-state index contributed by atoms with van der Waals surface area (Å²) >= 11 is 0. The summed E-state index contributed by atoms with van der Waals surface area (Å²) in [5.41, 5.74) is 3.43. The van der Waals surface area contributed by atoms with Gasteiger partial charge in [0.1, 0.15) is 0 Å². The van der Waals surface area contributed by atoms with Crippen LogP contribution >= 0.6 is 0 Å². The maximum absolute atomic E-state index is 13.5. The van der Waals surface area contributed by atoms with Crippen LogP contribution in [0.5, 0.6) is 0 Å². The van der Waals surface area contributed by atoms with Crippen LogP contribution in [0, 0.1) is 22.9 Å². The minimum atomic E-state index is -0.892. The van der Waals surface area contributed by atoms with E-state index in [0.29, 0.717) is 5.69 Å². The van der Waals surface area contributed by atoms with Crippen molar-refractivity contribution >= 4 is 28.2 Å². The van der Waals surface area contributed by atoms with Crippen LogP contribution in [0.1, 0.15) is 5.56 Å². The van der Waals surface area contributed by atoms with Gasteiger partial charge in [0.15, 0.2) is 0 Å². The van der Waals surface area contributed by atoms with Crippen molar-refractivity contribution in [3.8, 4) is 11.3 Å². The molecule has 0 atom stereocenters. The lowest BCUT2D eigenvalue weighted by Crippen LogP contribution is -2.01. The summed E-state index contributed by atoms with van der Waals surface area (Å²) in [6.45, 7) is 1.92. The number of para-hydroxylation sites is 1. The summed E-state index contributed by atoms with van der Waals surface area (Å²) < 4.78 is 15.6. The van der Waals surface area contributed by atoms with E-state index in [1.54, 1.807) is 6.20 Å². The van der Waals surface area contributed by atoms with Crippen LogP contribution in [0.15, 0.2) is 54.9 Å². The van der Waals surface area contributed by atoms with Crippen LogP contribution in [0.4, 0.5) is 21.7 Å². The lowest BCUT2D eigenvalue weighted by atomic mass is 10.1. The number of nitro benzene ring substituents is 1. The zero-order valence-corrected chi connectivity index (χ0v) is 15.2. The largest absolute Gasteiger partial charge is 0.350 e. The molecule has 1 N–H and O–H groups in total. The maximum Gasteiger partial charge on any atom is 0.306 e. The monoisotopic (exact) mass is 377 g/mol. The second-order valence-electron chi connectivity index (χ2n) is 6.44. The van der Waals surface area contributed by atoms with Crippen molar-refractivity contribution in [3.63, 3.8) is 0 Å². The first kappa shape index (κ1) is 17.6. The predicted octanol–water partition coefficient (Wildman–Crippen LogP) is 4.73. The van der Waals surface area contributed by atoms with Crippen LogP contribution in [-0.4, -0.2) is 19.5 Å². The predicted molar refractivity (Wildman–Crippen MR) is 105 cm³/mol. The summed E-state index contributed by atoms with van der Waals surface area (Å²) in [4.78, 5) is 19.0. The highest BCUT2D eigenvalue weighted by molar-refractivity contribution is 5.95. The Bertz CT molecular complexity index is 1220. The molecule has 0 aliphatic rings. The van der Waals surface area contributed by atoms with Crippen LogP contribution in [-0.2, 0) is 7.05 Å². The van der Waals surface area contributed by atoms with Gasteiger partial charge < -0.3 is 9.88 Å². The quantitative estimate of drug-likeness (QED) is 0.410. The van der Waals surface area contributed by atoms with Gasteiger partial charge in [0.05, 0.1) is 10.6 Å². The van der Waals surface area contributed by atoms with Crippen molar-refractivity contribution in [2.75, 3.05) is 5.32 Å². The molecule has 0 saturated heterocycles. The van der Waals surface area contributed by atoms with Gasteiger partial charge in [-0.15, -0.1) is 0 Å². The highest BCUT2D eigenvalue weighted by Crippen LogP contribution is 2.31. The Morgan fingerprint density at radius 3 is 2.79 bits per heavy atom. The number of aryl methyl sites for hydroxylation is 2. The number of hydrogen-bond donors (Lipinski definition) is 1. The number of fused-ring (bicyclic) bond motifs is 1. The molecule has 2 aromatic heterocycles. The average Bonchev–Trinajstić information content (AvgIpc) is 3.01. The van der Waals surface area contributed by atoms with Crippen LogP contribution in [0.25, 0.3) is 22.2 Å². The third kappa shape index (κ3) is 3.05. The minimum absolute atomic E-state index is 0.273. The van der Waals surface area contributed by atoms with E-state index in [2.05, 4.69) is 15.3 Å². The first-order valence-corrected chi connectivity index (χ1v) is 8.53. The van der Waals surface area contributed by atoms with Crippen molar-refractivity contribution in [2.45, 2.75) is 6.92 Å². The number of nitro groups is 1. The number of benzene rings is 2. The van der Waals surface area contributed by atoms with Crippen molar-refractivity contribution in [3.05, 3.63) is 76.4 Å². The van der Waals surface area contributed by atoms with Crippen LogP contribution in [0.3, 0.4) is 0 Å². The van der Waals surface area contributed by atoms with E-state index >= 15 is 0 Å². The molecular formula is C20H16FN5O2. The van der Waals surface area contributed by atoms with Gasteiger partial charge in [-0.3, -0.25) is 10.1 Å². The third-order valence-electron chi connectivity index (χ3n) is 4.52. The van der Waals surface area contributed by atoms with Crippen molar-refractivity contribution in [1.29, 1.82) is 0 Å². The Hall–Kier alpha value is -3.81. The van der Waals surface area contributed by atoms with Gasteiger partial charge in [0.2, 0.25) is 11.8 Å². The minimum Gasteiger partial charge on any atom is -0.350 e. The van der Waals surface area contributed by atoms with E-state index in [1.165, 1.54) is 6.07 Å². The standard InChI is InChI=1S/C20H16FN5O2/c1-12-10-22-20(23-13-7-8-16(21)18(9-13)26(27)28)24-19(12)15-11-25(2)17-6-4-3-5-14(15)17/h3-11H,1-2H3,(H,22,23,24). The average molecular weight is 377 g/mol. The Kier molecular flexibility index (Phi) is 4.23. The molecule has 28 heavy (non-hydrogen) atoms. The molecule has 0 amide bonds. The van der Waals surface area contributed by atoms with Gasteiger partial charge in [-0.05, 0) is 30.7 Å². The SMILES string of the molecule is Cc1cnc(Nc2ccc(F)c([N+](=O)[O-])c2)nc1-c1cn(C)c2ccccc12. The highest BCUT2D eigenvalue weighted by atomic mass is 19.1. The summed E-state index contributed by atoms with van der Waals surface area (Å²) in [7, 11) is 1.97. The Morgan fingerprint density at radius 2 is 2.00 bits per heavy atom. The fourth-order valence-electron chi connectivity index (χ4n) is 3.16. The van der Waals surface area contributed by atoms with E-state index in [4.69, 9.17) is 0 Å². The van der Waals surface area contributed by atoms with E-state index in [9.17, 15) is 14.5 Å². The summed E-state index contributed by atoms with van der Waals surface area (Å²) in [5, 5.41) is 14.9. The molecule has 0 radical (unpaired) electrons. The van der Waals surface area contributed by atoms with Crippen molar-refractivity contribution in [1.82, 2.24) is 14.5 Å². The number of hydrogen-bond acceptors (Lipinski definition) is 5. The zero-order chi connectivity index (χ0) is 19.8. The number of aromatic nitrogens is 3. The van der Waals surface area contributed by atoms with Crippen molar-refractivity contribution in [2.24, 2.45) is 7.05 Å². The summed E-state index contributed by atoms with van der Waals surface area (Å²) in [6, 6.07) is 11.6. The highest BCUT2D eigenvalue weighted by Gasteiger charge is 2.16. The van der Waals surface area contributed by atoms with E-state index in [1.807, 2.05) is 49.0 Å². The molecule has 4 rings (SSSR count). The number of anilines is 2. The topological polar surface area (TPSA) is 85.9 Å². The van der Waals surface area contributed by atoms with Gasteiger partial charge in [0, 0.05) is 47.7 Å². The number of halogens is 1. The molecule has 0 aliphatic carbocycles. The van der Waals surface area contributed by atoms with Crippen LogP contribution in [0.2, 0.25) is 0 Å². The molecule has 0 bridgehead atoms. The fourth-order valence-corrected chi connectivity index (χ4v) is 3.16. The second kappa shape index (κ2) is 6.73. The summed E-state index contributed by atoms with van der Waals surface area (Å²) in [5.74, 6) is -0.619. The van der Waals surface area contributed by atoms with Gasteiger partial charge in [-0.25, -0.2) is 9.97 Å². The zero-order valence-electron chi connectivity index (χ0n) is 15.2. The normalized spacial score (nSPS) is 11.0. The van der Waals surface area contributed by atoms with E-state index in [0.717, 1.165) is 39.9 Å². The van der Waals surface area contributed by atoms with Gasteiger partial charge in [-0.2, -0.15) is 4.39 Å². The second-order valence-corrected chi connectivity index (χ2v) is 6.44. The molecule has 0 fully saturated rings. The molecule has 2 heterocycles. The Labute approximate surface area is 159 Å². The molecule has 0 aliphatic heterocycles. The van der Waals surface area contributed by atoms with E-state index in [-0.39, 0.29) is 5.95 Å². The fraction of sp³-hybridized carbons (Fsp3) is 0.100. The molecule has 4 aromatic rings. The lowest BCUT2D eigenvalue weighted by Gasteiger charge is -2.09. The number of nitrogens with zero attached hydrogens (tertiary/aromatic N) is 4. The van der Waals surface area contributed by atoms with Crippen molar-refractivity contribution < 1.29 is 9.31 Å². The van der Waals surface area contributed by atoms with Gasteiger partial charge >= 0.3 is 5.69 Å². The molecule has 2 aromatic carbocycles. The molecule has 0 spiro atoms. The molecule has 8 heteroatoms. The molecular weight excluding hydrogens is 361 g/mol. The van der Waals surface area contributed by atoms with Gasteiger partial charge in [0.25, 0.3) is 0 Å².